The lowest BCUT2D eigenvalue weighted by Crippen LogP contribution is -2.23. The van der Waals surface area contributed by atoms with Gasteiger partial charge in [0, 0.05) is 28.9 Å². The number of aromatic carboxylic acids is 1. The second-order valence-corrected chi connectivity index (χ2v) is 4.80. The van der Waals surface area contributed by atoms with Crippen LogP contribution >= 0.6 is 0 Å². The molecule has 4 nitrogen and oxygen atoms in total. The van der Waals surface area contributed by atoms with E-state index in [0.717, 1.165) is 24.8 Å². The van der Waals surface area contributed by atoms with Gasteiger partial charge in [0.05, 0.1) is 5.97 Å². The summed E-state index contributed by atoms with van der Waals surface area (Å²) in [7, 11) is 0. The summed E-state index contributed by atoms with van der Waals surface area (Å²) in [6.07, 6.45) is 4.28. The van der Waals surface area contributed by atoms with Gasteiger partial charge in [-0.15, -0.1) is 0 Å². The van der Waals surface area contributed by atoms with Crippen LogP contribution < -0.4 is 10.4 Å². The van der Waals surface area contributed by atoms with Gasteiger partial charge in [0.1, 0.15) is 0 Å². The maximum atomic E-state index is 11.9. The molecule has 1 aromatic carbocycles. The van der Waals surface area contributed by atoms with Crippen molar-refractivity contribution >= 4 is 17.4 Å². The Balaban J connectivity index is 2.18. The first-order valence-corrected chi connectivity index (χ1v) is 6.39. The lowest BCUT2D eigenvalue weighted by atomic mass is 9.86. The maximum Gasteiger partial charge on any atom is 0.163 e. The van der Waals surface area contributed by atoms with Crippen molar-refractivity contribution in [2.75, 3.05) is 5.32 Å². The van der Waals surface area contributed by atoms with E-state index in [-0.39, 0.29) is 17.3 Å². The van der Waals surface area contributed by atoms with Gasteiger partial charge in [0.2, 0.25) is 0 Å². The van der Waals surface area contributed by atoms with Crippen molar-refractivity contribution in [3.05, 3.63) is 41.6 Å². The maximum absolute atomic E-state index is 11.9. The largest absolute Gasteiger partial charge is 0.545 e. The van der Waals surface area contributed by atoms with Gasteiger partial charge in [-0.25, -0.2) is 0 Å². The monoisotopic (exact) mass is 258 g/mol. The molecule has 0 radical (unpaired) electrons. The van der Waals surface area contributed by atoms with Gasteiger partial charge in [-0.3, -0.25) is 4.79 Å². The molecule has 0 bridgehead atoms. The molecule has 0 heterocycles. The van der Waals surface area contributed by atoms with E-state index in [0.29, 0.717) is 5.69 Å². The van der Waals surface area contributed by atoms with E-state index in [1.54, 1.807) is 24.4 Å². The number of ketones is 1. The second-order valence-electron chi connectivity index (χ2n) is 4.80. The van der Waals surface area contributed by atoms with Crippen LogP contribution in [0.1, 0.15) is 36.5 Å². The standard InChI is InChI=1S/C15H17NO3/c1-10-5-4-6-11(14(10)17)9-16-13-8-3-2-7-12(13)15(18)19/h2-3,7-10,16H,4-6H2,1H3,(H,18,19)/p-1/b11-9+/t10-/m1/s1. The first-order valence-electron chi connectivity index (χ1n) is 6.39. The summed E-state index contributed by atoms with van der Waals surface area (Å²) >= 11 is 0. The fourth-order valence-electron chi connectivity index (χ4n) is 2.26. The molecule has 1 fully saturated rings. The minimum atomic E-state index is -1.23. The molecule has 2 rings (SSSR count). The molecule has 1 atom stereocenters. The number of benzene rings is 1. The number of carboxylic acid groups (broad SMARTS) is 1. The van der Waals surface area contributed by atoms with Crippen LogP contribution in [0.15, 0.2) is 36.0 Å². The molecule has 1 aliphatic rings. The number of rotatable bonds is 3. The molecule has 100 valence electrons. The van der Waals surface area contributed by atoms with Crippen molar-refractivity contribution < 1.29 is 14.7 Å². The number of carbonyl (C=O) groups excluding carboxylic acids is 2. The van der Waals surface area contributed by atoms with Crippen molar-refractivity contribution in [1.29, 1.82) is 0 Å². The molecule has 1 aromatic rings. The van der Waals surface area contributed by atoms with Gasteiger partial charge in [0.15, 0.2) is 5.78 Å². The van der Waals surface area contributed by atoms with Gasteiger partial charge in [-0.1, -0.05) is 25.1 Å². The highest BCUT2D eigenvalue weighted by atomic mass is 16.4. The van der Waals surface area contributed by atoms with Crippen LogP contribution in [0.4, 0.5) is 5.69 Å². The molecule has 1 saturated carbocycles. The Morgan fingerprint density at radius 2 is 2.16 bits per heavy atom. The smallest absolute Gasteiger partial charge is 0.163 e. The summed E-state index contributed by atoms with van der Waals surface area (Å²) in [6.45, 7) is 1.92. The molecule has 0 spiro atoms. The number of carboxylic acids is 1. The van der Waals surface area contributed by atoms with E-state index < -0.39 is 5.97 Å². The van der Waals surface area contributed by atoms with Gasteiger partial charge < -0.3 is 15.2 Å². The minimum absolute atomic E-state index is 0.0539. The summed E-state index contributed by atoms with van der Waals surface area (Å²) in [5, 5.41) is 13.9. The fraction of sp³-hybridized carbons (Fsp3) is 0.333. The Kier molecular flexibility index (Phi) is 4.00. The van der Waals surface area contributed by atoms with Crippen LogP contribution in [-0.2, 0) is 4.79 Å². The highest BCUT2D eigenvalue weighted by Gasteiger charge is 2.22. The Labute approximate surface area is 112 Å². The molecule has 0 aliphatic heterocycles. The zero-order chi connectivity index (χ0) is 13.8. The van der Waals surface area contributed by atoms with E-state index in [1.807, 2.05) is 6.92 Å². The number of hydrogen-bond donors (Lipinski definition) is 1. The Bertz CT molecular complexity index is 534. The first kappa shape index (κ1) is 13.3. The summed E-state index contributed by atoms with van der Waals surface area (Å²) in [4.78, 5) is 22.9. The van der Waals surface area contributed by atoms with Crippen molar-refractivity contribution in [2.45, 2.75) is 26.2 Å². The third kappa shape index (κ3) is 3.02. The van der Waals surface area contributed by atoms with Crippen molar-refractivity contribution in [3.63, 3.8) is 0 Å². The molecule has 0 aromatic heterocycles. The highest BCUT2D eigenvalue weighted by molar-refractivity contribution is 5.98. The van der Waals surface area contributed by atoms with Gasteiger partial charge in [-0.05, 0) is 25.3 Å². The third-order valence-electron chi connectivity index (χ3n) is 3.40. The number of hydrogen-bond acceptors (Lipinski definition) is 4. The predicted molar refractivity (Wildman–Crippen MR) is 70.5 cm³/mol. The summed E-state index contributed by atoms with van der Waals surface area (Å²) in [6, 6.07) is 6.50. The average molecular weight is 258 g/mol. The molecule has 0 amide bonds. The van der Waals surface area contributed by atoms with Crippen molar-refractivity contribution in [1.82, 2.24) is 0 Å². The van der Waals surface area contributed by atoms with Crippen LogP contribution in [-0.4, -0.2) is 11.8 Å². The summed E-state index contributed by atoms with van der Waals surface area (Å²) < 4.78 is 0. The van der Waals surface area contributed by atoms with Crippen LogP contribution in [0.25, 0.3) is 0 Å². The van der Waals surface area contributed by atoms with Crippen LogP contribution in [0.3, 0.4) is 0 Å². The number of Topliss-reactive ketones (excluding diaryl/α,β-unsaturated/α-hetero) is 1. The van der Waals surface area contributed by atoms with E-state index in [2.05, 4.69) is 5.32 Å². The molecular weight excluding hydrogens is 242 g/mol. The number of allylic oxidation sites excluding steroid dienone is 1. The fourth-order valence-corrected chi connectivity index (χ4v) is 2.26. The zero-order valence-corrected chi connectivity index (χ0v) is 10.8. The molecule has 19 heavy (non-hydrogen) atoms. The quantitative estimate of drug-likeness (QED) is 0.838. The summed E-state index contributed by atoms with van der Waals surface area (Å²) in [5.74, 6) is -1.03. The molecule has 0 unspecified atom stereocenters. The zero-order valence-electron chi connectivity index (χ0n) is 10.8. The topological polar surface area (TPSA) is 69.2 Å². The van der Waals surface area contributed by atoms with Crippen LogP contribution in [0.5, 0.6) is 0 Å². The van der Waals surface area contributed by atoms with Gasteiger partial charge in [-0.2, -0.15) is 0 Å². The van der Waals surface area contributed by atoms with E-state index in [1.165, 1.54) is 6.07 Å². The van der Waals surface area contributed by atoms with Crippen LogP contribution in [0, 0.1) is 5.92 Å². The van der Waals surface area contributed by atoms with E-state index in [4.69, 9.17) is 0 Å². The van der Waals surface area contributed by atoms with Gasteiger partial charge >= 0.3 is 0 Å². The normalized spacial score (nSPS) is 21.4. The number of nitrogens with one attached hydrogen (secondary N) is 1. The van der Waals surface area contributed by atoms with Gasteiger partial charge in [0.25, 0.3) is 0 Å². The highest BCUT2D eigenvalue weighted by Crippen LogP contribution is 2.25. The number of para-hydroxylation sites is 1. The third-order valence-corrected chi connectivity index (χ3v) is 3.40. The molecule has 1 aliphatic carbocycles. The Hall–Kier alpha value is -2.10. The van der Waals surface area contributed by atoms with E-state index >= 15 is 0 Å². The molecule has 4 heteroatoms. The molecule has 1 N–H and O–H groups in total. The number of anilines is 1. The minimum Gasteiger partial charge on any atom is -0.545 e. The molecular formula is C15H16NO3-. The predicted octanol–water partition coefficient (Wildman–Crippen LogP) is 1.73. The van der Waals surface area contributed by atoms with Crippen molar-refractivity contribution in [2.24, 2.45) is 5.92 Å². The van der Waals surface area contributed by atoms with Crippen molar-refractivity contribution in [3.8, 4) is 0 Å². The molecule has 0 saturated heterocycles. The SMILES string of the molecule is C[C@@H]1CCC/C(=C\Nc2ccccc2C(=O)[O-])C1=O. The van der Waals surface area contributed by atoms with E-state index in [9.17, 15) is 14.7 Å². The number of carbonyl (C=O) groups is 2. The summed E-state index contributed by atoms with van der Waals surface area (Å²) in [5.41, 5.74) is 1.27. The Morgan fingerprint density at radius 3 is 2.89 bits per heavy atom. The first-order chi connectivity index (χ1) is 9.09. The lowest BCUT2D eigenvalue weighted by molar-refractivity contribution is -0.254. The average Bonchev–Trinajstić information content (AvgIpc) is 2.40. The lowest BCUT2D eigenvalue weighted by Gasteiger charge is -2.19. The second kappa shape index (κ2) is 5.69. The van der Waals surface area contributed by atoms with Crippen LogP contribution in [0.2, 0.25) is 0 Å². The Morgan fingerprint density at radius 1 is 1.42 bits per heavy atom.